The number of rotatable bonds is 0. The first-order valence-electron chi connectivity index (χ1n) is 4.46. The van der Waals surface area contributed by atoms with Crippen LogP contribution in [0.4, 0.5) is 0 Å². The van der Waals surface area contributed by atoms with E-state index < -0.39 is 0 Å². The van der Waals surface area contributed by atoms with Gasteiger partial charge in [0.1, 0.15) is 5.60 Å². The van der Waals surface area contributed by atoms with Gasteiger partial charge in [-0.1, -0.05) is 0 Å². The second-order valence-electron chi connectivity index (χ2n) is 4.06. The van der Waals surface area contributed by atoms with Gasteiger partial charge >= 0.3 is 5.97 Å². The summed E-state index contributed by atoms with van der Waals surface area (Å²) in [6, 6.07) is 0. The Balaban J connectivity index is 2.22. The highest BCUT2D eigenvalue weighted by molar-refractivity contribution is 5.78. The highest BCUT2D eigenvalue weighted by Gasteiger charge is 2.51. The lowest BCUT2D eigenvalue weighted by molar-refractivity contribution is -0.153. The number of fused-ring (bicyclic) bond motifs is 1. The highest BCUT2D eigenvalue weighted by atomic mass is 16.6. The molecule has 0 unspecified atom stereocenters. The standard InChI is InChI=1S/C9H14O3/c1-9(2)6-4-3-5-11-7(6)8(10)12-9/h6-7H,3-5H2,1-2H3/t6-,7-/m0/s1. The predicted molar refractivity (Wildman–Crippen MR) is 42.6 cm³/mol. The van der Waals surface area contributed by atoms with Crippen molar-refractivity contribution in [3.05, 3.63) is 0 Å². The molecule has 2 aliphatic heterocycles. The summed E-state index contributed by atoms with van der Waals surface area (Å²) in [5.41, 5.74) is -0.317. The number of ether oxygens (including phenoxy) is 2. The Hall–Kier alpha value is -0.570. The molecule has 2 fully saturated rings. The van der Waals surface area contributed by atoms with Gasteiger partial charge in [0.15, 0.2) is 6.10 Å². The predicted octanol–water partition coefficient (Wildman–Crippen LogP) is 1.12. The van der Waals surface area contributed by atoms with E-state index in [1.807, 2.05) is 13.8 Å². The number of hydrogen-bond acceptors (Lipinski definition) is 3. The minimum atomic E-state index is -0.317. The SMILES string of the molecule is CC1(C)OC(=O)[C@H]2OCCC[C@@H]21. The van der Waals surface area contributed by atoms with Crippen LogP contribution in [-0.4, -0.2) is 24.3 Å². The van der Waals surface area contributed by atoms with E-state index in [1.54, 1.807) is 0 Å². The molecule has 2 heterocycles. The summed E-state index contributed by atoms with van der Waals surface area (Å²) in [6.45, 7) is 4.63. The average molecular weight is 170 g/mol. The maximum Gasteiger partial charge on any atom is 0.336 e. The molecule has 12 heavy (non-hydrogen) atoms. The molecule has 0 radical (unpaired) electrons. The Morgan fingerprint density at radius 3 is 2.92 bits per heavy atom. The van der Waals surface area contributed by atoms with E-state index in [2.05, 4.69) is 0 Å². The molecule has 2 rings (SSSR count). The van der Waals surface area contributed by atoms with Gasteiger partial charge in [-0.05, 0) is 26.7 Å². The van der Waals surface area contributed by atoms with Gasteiger partial charge in [-0.3, -0.25) is 0 Å². The quantitative estimate of drug-likeness (QED) is 0.511. The molecule has 2 atom stereocenters. The zero-order valence-corrected chi connectivity index (χ0v) is 7.50. The molecule has 0 aromatic carbocycles. The van der Waals surface area contributed by atoms with E-state index in [4.69, 9.17) is 9.47 Å². The summed E-state index contributed by atoms with van der Waals surface area (Å²) in [6.07, 6.45) is 1.80. The Bertz CT molecular complexity index is 210. The van der Waals surface area contributed by atoms with Crippen molar-refractivity contribution >= 4 is 5.97 Å². The molecule has 68 valence electrons. The van der Waals surface area contributed by atoms with E-state index in [0.717, 1.165) is 12.8 Å². The molecule has 0 N–H and O–H groups in total. The Morgan fingerprint density at radius 2 is 2.25 bits per heavy atom. The maximum atomic E-state index is 11.3. The molecule has 2 saturated heterocycles. The van der Waals surface area contributed by atoms with Gasteiger partial charge in [-0.25, -0.2) is 4.79 Å². The van der Waals surface area contributed by atoms with Crippen molar-refractivity contribution in [2.75, 3.05) is 6.61 Å². The van der Waals surface area contributed by atoms with Gasteiger partial charge in [0.05, 0.1) is 0 Å². The van der Waals surface area contributed by atoms with Gasteiger partial charge in [-0.2, -0.15) is 0 Å². The monoisotopic (exact) mass is 170 g/mol. The first kappa shape index (κ1) is 8.05. The van der Waals surface area contributed by atoms with Crippen molar-refractivity contribution in [1.82, 2.24) is 0 Å². The molecule has 0 amide bonds. The van der Waals surface area contributed by atoms with Crippen molar-refractivity contribution in [3.63, 3.8) is 0 Å². The Morgan fingerprint density at radius 1 is 1.50 bits per heavy atom. The molecule has 0 aromatic heterocycles. The van der Waals surface area contributed by atoms with Crippen LogP contribution in [0.3, 0.4) is 0 Å². The van der Waals surface area contributed by atoms with Crippen molar-refractivity contribution in [2.24, 2.45) is 5.92 Å². The number of esters is 1. The second kappa shape index (κ2) is 2.46. The van der Waals surface area contributed by atoms with Gasteiger partial charge in [0.25, 0.3) is 0 Å². The van der Waals surface area contributed by atoms with Crippen LogP contribution < -0.4 is 0 Å². The topological polar surface area (TPSA) is 35.5 Å². The van der Waals surface area contributed by atoms with E-state index in [9.17, 15) is 4.79 Å². The van der Waals surface area contributed by atoms with Gasteiger partial charge < -0.3 is 9.47 Å². The highest BCUT2D eigenvalue weighted by Crippen LogP contribution is 2.39. The Kier molecular flexibility index (Phi) is 1.65. The largest absolute Gasteiger partial charge is 0.457 e. The first-order valence-corrected chi connectivity index (χ1v) is 4.46. The summed E-state index contributed by atoms with van der Waals surface area (Å²) >= 11 is 0. The zero-order valence-electron chi connectivity index (χ0n) is 7.50. The van der Waals surface area contributed by atoms with Crippen LogP contribution in [0.1, 0.15) is 26.7 Å². The van der Waals surface area contributed by atoms with E-state index in [0.29, 0.717) is 6.61 Å². The minimum absolute atomic E-state index is 0.176. The molecular weight excluding hydrogens is 156 g/mol. The molecule has 0 bridgehead atoms. The summed E-state index contributed by atoms with van der Waals surface area (Å²) in [5, 5.41) is 0. The lowest BCUT2D eigenvalue weighted by atomic mass is 9.84. The Labute approximate surface area is 72.0 Å². The van der Waals surface area contributed by atoms with Crippen LogP contribution in [0.5, 0.6) is 0 Å². The molecule has 0 spiro atoms. The summed E-state index contributed by atoms with van der Waals surface area (Å²) < 4.78 is 10.6. The van der Waals surface area contributed by atoms with E-state index in [-0.39, 0.29) is 23.6 Å². The fraction of sp³-hybridized carbons (Fsp3) is 0.889. The van der Waals surface area contributed by atoms with Gasteiger partial charge in [-0.15, -0.1) is 0 Å². The summed E-state index contributed by atoms with van der Waals surface area (Å²) in [5.74, 6) is 0.0865. The molecule has 0 aromatic rings. The lowest BCUT2D eigenvalue weighted by Gasteiger charge is -2.29. The van der Waals surface area contributed by atoms with E-state index in [1.165, 1.54) is 0 Å². The van der Waals surface area contributed by atoms with Crippen molar-refractivity contribution in [3.8, 4) is 0 Å². The van der Waals surface area contributed by atoms with Gasteiger partial charge in [0.2, 0.25) is 0 Å². The molecular formula is C9H14O3. The third kappa shape index (κ3) is 1.04. The van der Waals surface area contributed by atoms with Crippen LogP contribution in [0.2, 0.25) is 0 Å². The number of carbonyl (C=O) groups excluding carboxylic acids is 1. The van der Waals surface area contributed by atoms with Crippen LogP contribution in [-0.2, 0) is 14.3 Å². The fourth-order valence-electron chi connectivity index (χ4n) is 2.12. The number of hydrogen-bond donors (Lipinski definition) is 0. The minimum Gasteiger partial charge on any atom is -0.457 e. The average Bonchev–Trinajstić information content (AvgIpc) is 2.25. The summed E-state index contributed by atoms with van der Waals surface area (Å²) in [4.78, 5) is 11.3. The molecule has 0 aliphatic carbocycles. The zero-order chi connectivity index (χ0) is 8.77. The molecule has 3 heteroatoms. The van der Waals surface area contributed by atoms with Crippen molar-refractivity contribution < 1.29 is 14.3 Å². The number of carbonyl (C=O) groups is 1. The first-order chi connectivity index (χ1) is 5.61. The van der Waals surface area contributed by atoms with Crippen molar-refractivity contribution in [2.45, 2.75) is 38.4 Å². The van der Waals surface area contributed by atoms with Crippen LogP contribution in [0.15, 0.2) is 0 Å². The van der Waals surface area contributed by atoms with Crippen LogP contribution in [0.25, 0.3) is 0 Å². The second-order valence-corrected chi connectivity index (χ2v) is 4.06. The lowest BCUT2D eigenvalue weighted by Crippen LogP contribution is -2.37. The van der Waals surface area contributed by atoms with Crippen LogP contribution >= 0.6 is 0 Å². The fourth-order valence-corrected chi connectivity index (χ4v) is 2.12. The normalized spacial score (nSPS) is 39.0. The van der Waals surface area contributed by atoms with E-state index >= 15 is 0 Å². The third-order valence-corrected chi connectivity index (χ3v) is 2.81. The molecule has 2 aliphatic rings. The number of cyclic esters (lactones) is 1. The molecule has 3 nitrogen and oxygen atoms in total. The third-order valence-electron chi connectivity index (χ3n) is 2.81. The summed E-state index contributed by atoms with van der Waals surface area (Å²) in [7, 11) is 0. The van der Waals surface area contributed by atoms with Gasteiger partial charge in [0, 0.05) is 12.5 Å². The smallest absolute Gasteiger partial charge is 0.336 e. The van der Waals surface area contributed by atoms with Crippen LogP contribution in [0, 0.1) is 5.92 Å². The maximum absolute atomic E-state index is 11.3. The molecule has 0 saturated carbocycles. The van der Waals surface area contributed by atoms with Crippen molar-refractivity contribution in [1.29, 1.82) is 0 Å².